The Morgan fingerprint density at radius 3 is 2.37 bits per heavy atom. The molecule has 0 amide bonds. The molecule has 1 aromatic heterocycles. The van der Waals surface area contributed by atoms with Crippen LogP contribution in [0, 0.1) is 26.6 Å². The zero-order chi connectivity index (χ0) is 19.4. The molecule has 0 N–H and O–H groups in total. The van der Waals surface area contributed by atoms with E-state index in [1.54, 1.807) is 19.1 Å². The molecule has 0 saturated carbocycles. The van der Waals surface area contributed by atoms with Crippen LogP contribution in [0.3, 0.4) is 0 Å². The van der Waals surface area contributed by atoms with Crippen LogP contribution in [-0.4, -0.2) is 33.9 Å². The molecule has 0 bridgehead atoms. The van der Waals surface area contributed by atoms with E-state index in [4.69, 9.17) is 9.47 Å². The van der Waals surface area contributed by atoms with Gasteiger partial charge >= 0.3 is 5.97 Å². The highest BCUT2D eigenvalue weighted by atomic mass is 19.1. The summed E-state index contributed by atoms with van der Waals surface area (Å²) < 4.78 is 25.4. The Bertz CT molecular complexity index is 931. The van der Waals surface area contributed by atoms with Gasteiger partial charge in [0.25, 0.3) is 5.82 Å². The quantitative estimate of drug-likeness (QED) is 0.491. The van der Waals surface area contributed by atoms with Gasteiger partial charge in [-0.1, -0.05) is 18.2 Å². The highest BCUT2D eigenvalue weighted by Gasteiger charge is 2.17. The normalized spacial score (nSPS) is 10.7. The molecule has 0 aliphatic carbocycles. The lowest BCUT2D eigenvalue weighted by molar-refractivity contribution is 0.0436. The minimum Gasteiger partial charge on any atom is -0.489 e. The van der Waals surface area contributed by atoms with Crippen LogP contribution in [0.5, 0.6) is 5.75 Å². The van der Waals surface area contributed by atoms with E-state index in [9.17, 15) is 9.18 Å². The SMILES string of the molecule is Cc1cccc(C)c1OCCOC(=O)c1nc(C)n(-c2ccc(F)cc2)n1. The monoisotopic (exact) mass is 369 g/mol. The van der Waals surface area contributed by atoms with Crippen LogP contribution in [0.2, 0.25) is 0 Å². The first-order valence-electron chi connectivity index (χ1n) is 8.51. The predicted molar refractivity (Wildman–Crippen MR) is 97.7 cm³/mol. The first kappa shape index (κ1) is 18.6. The number of rotatable bonds is 6. The molecule has 0 spiro atoms. The zero-order valence-electron chi connectivity index (χ0n) is 15.4. The van der Waals surface area contributed by atoms with Gasteiger partial charge in [-0.05, 0) is 56.2 Å². The van der Waals surface area contributed by atoms with Gasteiger partial charge in [-0.15, -0.1) is 5.10 Å². The van der Waals surface area contributed by atoms with Gasteiger partial charge < -0.3 is 9.47 Å². The van der Waals surface area contributed by atoms with E-state index in [2.05, 4.69) is 10.1 Å². The van der Waals surface area contributed by atoms with Crippen molar-refractivity contribution in [2.45, 2.75) is 20.8 Å². The molecular weight excluding hydrogens is 349 g/mol. The number of benzene rings is 2. The van der Waals surface area contributed by atoms with Gasteiger partial charge in [0, 0.05) is 0 Å². The van der Waals surface area contributed by atoms with Crippen molar-refractivity contribution >= 4 is 5.97 Å². The van der Waals surface area contributed by atoms with Crippen molar-refractivity contribution in [1.82, 2.24) is 14.8 Å². The fraction of sp³-hybridized carbons (Fsp3) is 0.250. The van der Waals surface area contributed by atoms with E-state index in [1.807, 2.05) is 32.0 Å². The second kappa shape index (κ2) is 7.99. The summed E-state index contributed by atoms with van der Waals surface area (Å²) in [4.78, 5) is 16.3. The molecule has 0 aliphatic heterocycles. The molecule has 140 valence electrons. The van der Waals surface area contributed by atoms with Gasteiger partial charge in [0.2, 0.25) is 0 Å². The maximum Gasteiger partial charge on any atom is 0.378 e. The molecule has 0 radical (unpaired) electrons. The highest BCUT2D eigenvalue weighted by molar-refractivity contribution is 5.85. The molecule has 0 fully saturated rings. The third-order valence-corrected chi connectivity index (χ3v) is 3.99. The molecule has 3 aromatic rings. The van der Waals surface area contributed by atoms with E-state index in [0.717, 1.165) is 16.9 Å². The Morgan fingerprint density at radius 2 is 1.70 bits per heavy atom. The molecule has 7 heteroatoms. The minimum absolute atomic E-state index is 0.0519. The fourth-order valence-corrected chi connectivity index (χ4v) is 2.67. The van der Waals surface area contributed by atoms with E-state index in [1.165, 1.54) is 16.8 Å². The molecule has 0 saturated heterocycles. The van der Waals surface area contributed by atoms with Crippen LogP contribution >= 0.6 is 0 Å². The maximum atomic E-state index is 13.1. The Morgan fingerprint density at radius 1 is 1.04 bits per heavy atom. The minimum atomic E-state index is -0.635. The topological polar surface area (TPSA) is 66.2 Å². The predicted octanol–water partition coefficient (Wildman–Crippen LogP) is 3.57. The van der Waals surface area contributed by atoms with Crippen LogP contribution in [0.4, 0.5) is 4.39 Å². The molecule has 0 aliphatic rings. The lowest BCUT2D eigenvalue weighted by Gasteiger charge is -2.11. The summed E-state index contributed by atoms with van der Waals surface area (Å²) in [6, 6.07) is 11.6. The van der Waals surface area contributed by atoms with Gasteiger partial charge in [-0.3, -0.25) is 0 Å². The second-order valence-corrected chi connectivity index (χ2v) is 6.08. The third-order valence-electron chi connectivity index (χ3n) is 3.99. The van der Waals surface area contributed by atoms with Gasteiger partial charge in [-0.2, -0.15) is 0 Å². The molecular formula is C20H20FN3O3. The lowest BCUT2D eigenvalue weighted by Crippen LogP contribution is -2.14. The number of halogens is 1. The standard InChI is InChI=1S/C20H20FN3O3/c1-13-5-4-6-14(2)18(13)26-11-12-27-20(25)19-22-15(3)24(23-19)17-9-7-16(21)8-10-17/h4-10H,11-12H2,1-3H3. The lowest BCUT2D eigenvalue weighted by atomic mass is 10.1. The molecule has 1 heterocycles. The Labute approximate surface area is 156 Å². The van der Waals surface area contributed by atoms with Gasteiger partial charge in [0.1, 0.15) is 30.6 Å². The average Bonchev–Trinajstić information content (AvgIpc) is 3.03. The van der Waals surface area contributed by atoms with Crippen LogP contribution in [0.15, 0.2) is 42.5 Å². The first-order valence-corrected chi connectivity index (χ1v) is 8.51. The number of ether oxygens (including phenoxy) is 2. The number of nitrogens with zero attached hydrogens (tertiary/aromatic N) is 3. The fourth-order valence-electron chi connectivity index (χ4n) is 2.67. The van der Waals surface area contributed by atoms with Gasteiger partial charge in [0.15, 0.2) is 0 Å². The molecule has 3 rings (SSSR count). The van der Waals surface area contributed by atoms with Crippen molar-refractivity contribution in [3.05, 3.63) is 71.1 Å². The van der Waals surface area contributed by atoms with Crippen molar-refractivity contribution in [2.24, 2.45) is 0 Å². The molecule has 0 unspecified atom stereocenters. The van der Waals surface area contributed by atoms with E-state index >= 15 is 0 Å². The van der Waals surface area contributed by atoms with Gasteiger partial charge in [0.05, 0.1) is 5.69 Å². The summed E-state index contributed by atoms with van der Waals surface area (Å²) >= 11 is 0. The van der Waals surface area contributed by atoms with E-state index in [-0.39, 0.29) is 24.9 Å². The highest BCUT2D eigenvalue weighted by Crippen LogP contribution is 2.22. The number of aryl methyl sites for hydroxylation is 3. The van der Waals surface area contributed by atoms with Crippen molar-refractivity contribution in [1.29, 1.82) is 0 Å². The smallest absolute Gasteiger partial charge is 0.378 e. The number of para-hydroxylation sites is 1. The van der Waals surface area contributed by atoms with Crippen LogP contribution in [-0.2, 0) is 4.74 Å². The number of carbonyl (C=O) groups is 1. The van der Waals surface area contributed by atoms with Crippen molar-refractivity contribution in [3.63, 3.8) is 0 Å². The number of aromatic nitrogens is 3. The molecule has 0 atom stereocenters. The van der Waals surface area contributed by atoms with Crippen LogP contribution in [0.25, 0.3) is 5.69 Å². The summed E-state index contributed by atoms with van der Waals surface area (Å²) in [5, 5.41) is 4.14. The van der Waals surface area contributed by atoms with E-state index in [0.29, 0.717) is 11.5 Å². The zero-order valence-corrected chi connectivity index (χ0v) is 15.4. The number of carbonyl (C=O) groups excluding carboxylic acids is 1. The average molecular weight is 369 g/mol. The summed E-state index contributed by atoms with van der Waals surface area (Å²) in [6.07, 6.45) is 0. The molecule has 2 aromatic carbocycles. The Kier molecular flexibility index (Phi) is 5.49. The van der Waals surface area contributed by atoms with Crippen molar-refractivity contribution in [2.75, 3.05) is 13.2 Å². The summed E-state index contributed by atoms with van der Waals surface area (Å²) in [6.45, 7) is 5.94. The Hall–Kier alpha value is -3.22. The van der Waals surface area contributed by atoms with Gasteiger partial charge in [-0.25, -0.2) is 18.9 Å². The van der Waals surface area contributed by atoms with Crippen LogP contribution < -0.4 is 4.74 Å². The summed E-state index contributed by atoms with van der Waals surface area (Å²) in [5.74, 6) is 0.261. The Balaban J connectivity index is 1.59. The van der Waals surface area contributed by atoms with Crippen molar-refractivity contribution < 1.29 is 18.7 Å². The third kappa shape index (κ3) is 4.31. The summed E-state index contributed by atoms with van der Waals surface area (Å²) in [7, 11) is 0. The van der Waals surface area contributed by atoms with E-state index < -0.39 is 5.97 Å². The maximum absolute atomic E-state index is 13.1. The first-order chi connectivity index (χ1) is 13.0. The van der Waals surface area contributed by atoms with Crippen molar-refractivity contribution in [3.8, 4) is 11.4 Å². The number of hydrogen-bond acceptors (Lipinski definition) is 5. The molecule has 6 nitrogen and oxygen atoms in total. The van der Waals surface area contributed by atoms with Crippen LogP contribution in [0.1, 0.15) is 27.6 Å². The summed E-state index contributed by atoms with van der Waals surface area (Å²) in [5.41, 5.74) is 2.66. The number of hydrogen-bond donors (Lipinski definition) is 0. The second-order valence-electron chi connectivity index (χ2n) is 6.08. The largest absolute Gasteiger partial charge is 0.489 e. The number of esters is 1. The molecule has 27 heavy (non-hydrogen) atoms.